The maximum Gasteiger partial charge on any atom is 0.342 e. The molecular formula is C15H20O4. The van der Waals surface area contributed by atoms with Crippen molar-refractivity contribution in [1.29, 1.82) is 0 Å². The zero-order valence-corrected chi connectivity index (χ0v) is 11.8. The predicted octanol–water partition coefficient (Wildman–Crippen LogP) is 3.08. The molecule has 1 N–H and O–H groups in total. The zero-order chi connectivity index (χ0) is 14.6. The Kier molecular flexibility index (Phi) is 4.59. The summed E-state index contributed by atoms with van der Waals surface area (Å²) in [7, 11) is 1.44. The van der Waals surface area contributed by atoms with Gasteiger partial charge in [0.15, 0.2) is 11.5 Å². The van der Waals surface area contributed by atoms with Gasteiger partial charge in [0.05, 0.1) is 7.11 Å². The SMILES string of the molecule is C=CCc1cc(OC)c(O)c(C(=O)OC(C)(C)C)c1. The summed E-state index contributed by atoms with van der Waals surface area (Å²) in [6.07, 6.45) is 2.29. The van der Waals surface area contributed by atoms with Crippen molar-refractivity contribution < 1.29 is 19.4 Å². The first kappa shape index (κ1) is 15.1. The average molecular weight is 264 g/mol. The van der Waals surface area contributed by atoms with E-state index < -0.39 is 11.6 Å². The molecule has 1 aromatic carbocycles. The number of allylic oxidation sites excluding steroid dienone is 1. The van der Waals surface area contributed by atoms with Crippen LogP contribution in [0.2, 0.25) is 0 Å². The number of esters is 1. The molecule has 0 spiro atoms. The summed E-state index contributed by atoms with van der Waals surface area (Å²) in [5.74, 6) is -0.529. The Labute approximate surface area is 113 Å². The normalized spacial score (nSPS) is 10.9. The maximum atomic E-state index is 12.0. The Morgan fingerprint density at radius 1 is 1.42 bits per heavy atom. The second kappa shape index (κ2) is 5.78. The van der Waals surface area contributed by atoms with Crippen LogP contribution < -0.4 is 4.74 Å². The number of phenolic OH excluding ortho intramolecular Hbond substituents is 1. The number of phenols is 1. The minimum atomic E-state index is -0.620. The lowest BCUT2D eigenvalue weighted by Gasteiger charge is -2.20. The van der Waals surface area contributed by atoms with Crippen LogP contribution in [0, 0.1) is 0 Å². The third kappa shape index (κ3) is 4.02. The maximum absolute atomic E-state index is 12.0. The van der Waals surface area contributed by atoms with Crippen LogP contribution in [0.25, 0.3) is 0 Å². The molecule has 0 aliphatic rings. The van der Waals surface area contributed by atoms with Crippen molar-refractivity contribution >= 4 is 5.97 Å². The van der Waals surface area contributed by atoms with E-state index in [2.05, 4.69) is 6.58 Å². The van der Waals surface area contributed by atoms with Gasteiger partial charge >= 0.3 is 5.97 Å². The second-order valence-electron chi connectivity index (χ2n) is 5.19. The summed E-state index contributed by atoms with van der Waals surface area (Å²) in [5, 5.41) is 10.00. The Morgan fingerprint density at radius 2 is 2.05 bits per heavy atom. The summed E-state index contributed by atoms with van der Waals surface area (Å²) in [6.45, 7) is 8.96. The van der Waals surface area contributed by atoms with Gasteiger partial charge in [-0.15, -0.1) is 6.58 Å². The van der Waals surface area contributed by atoms with Gasteiger partial charge < -0.3 is 14.6 Å². The standard InChI is InChI=1S/C15H20O4/c1-6-7-10-8-11(13(16)12(9-10)18-5)14(17)19-15(2,3)4/h6,8-9,16H,1,7H2,2-5H3. The molecule has 0 aliphatic heterocycles. The van der Waals surface area contributed by atoms with Gasteiger partial charge in [-0.05, 0) is 44.9 Å². The van der Waals surface area contributed by atoms with E-state index in [1.807, 2.05) is 0 Å². The van der Waals surface area contributed by atoms with Crippen molar-refractivity contribution in [2.75, 3.05) is 7.11 Å². The van der Waals surface area contributed by atoms with Gasteiger partial charge in [0, 0.05) is 0 Å². The molecular weight excluding hydrogens is 244 g/mol. The lowest BCUT2D eigenvalue weighted by atomic mass is 10.1. The molecule has 104 valence electrons. The first-order valence-electron chi connectivity index (χ1n) is 6.02. The molecule has 1 aromatic rings. The van der Waals surface area contributed by atoms with Crippen LogP contribution in [0.5, 0.6) is 11.5 Å². The molecule has 0 unspecified atom stereocenters. The fourth-order valence-corrected chi connectivity index (χ4v) is 1.59. The summed E-state index contributed by atoms with van der Waals surface area (Å²) in [4.78, 5) is 12.0. The third-order valence-corrected chi connectivity index (χ3v) is 2.35. The van der Waals surface area contributed by atoms with Crippen molar-refractivity contribution in [2.24, 2.45) is 0 Å². The number of carbonyl (C=O) groups excluding carboxylic acids is 1. The summed E-state index contributed by atoms with van der Waals surface area (Å²) >= 11 is 0. The topological polar surface area (TPSA) is 55.8 Å². The monoisotopic (exact) mass is 264 g/mol. The van der Waals surface area contributed by atoms with Crippen molar-refractivity contribution in [1.82, 2.24) is 0 Å². The molecule has 0 aliphatic carbocycles. The largest absolute Gasteiger partial charge is 0.504 e. The lowest BCUT2D eigenvalue weighted by molar-refractivity contribution is 0.00661. The molecule has 0 heterocycles. The third-order valence-electron chi connectivity index (χ3n) is 2.35. The highest BCUT2D eigenvalue weighted by atomic mass is 16.6. The fraction of sp³-hybridized carbons (Fsp3) is 0.400. The number of rotatable bonds is 4. The molecule has 0 amide bonds. The van der Waals surface area contributed by atoms with Crippen LogP contribution in [0.1, 0.15) is 36.7 Å². The number of aromatic hydroxyl groups is 1. The molecule has 4 nitrogen and oxygen atoms in total. The Bertz CT molecular complexity index is 484. The van der Waals surface area contributed by atoms with Crippen molar-refractivity contribution in [3.63, 3.8) is 0 Å². The first-order chi connectivity index (χ1) is 8.78. The van der Waals surface area contributed by atoms with Gasteiger partial charge in [0.2, 0.25) is 0 Å². The number of benzene rings is 1. The number of hydrogen-bond acceptors (Lipinski definition) is 4. The molecule has 0 saturated heterocycles. The van der Waals surface area contributed by atoms with E-state index in [9.17, 15) is 9.90 Å². The molecule has 0 radical (unpaired) electrons. The van der Waals surface area contributed by atoms with Gasteiger partial charge in [0.1, 0.15) is 11.2 Å². The molecule has 0 saturated carbocycles. The Hall–Kier alpha value is -1.97. The number of carbonyl (C=O) groups is 1. The summed E-state index contributed by atoms with van der Waals surface area (Å²) in [6, 6.07) is 3.26. The van der Waals surface area contributed by atoms with Crippen LogP contribution in [0.3, 0.4) is 0 Å². The van der Waals surface area contributed by atoms with E-state index in [1.165, 1.54) is 7.11 Å². The second-order valence-corrected chi connectivity index (χ2v) is 5.19. The van der Waals surface area contributed by atoms with Crippen LogP contribution >= 0.6 is 0 Å². The molecule has 0 fully saturated rings. The molecule has 0 aromatic heterocycles. The molecule has 0 atom stereocenters. The zero-order valence-electron chi connectivity index (χ0n) is 11.8. The minimum absolute atomic E-state index is 0.103. The fourth-order valence-electron chi connectivity index (χ4n) is 1.59. The molecule has 4 heteroatoms. The van der Waals surface area contributed by atoms with Gasteiger partial charge in [-0.3, -0.25) is 0 Å². The minimum Gasteiger partial charge on any atom is -0.504 e. The summed E-state index contributed by atoms with van der Waals surface area (Å²) < 4.78 is 10.3. The van der Waals surface area contributed by atoms with Gasteiger partial charge in [-0.2, -0.15) is 0 Å². The van der Waals surface area contributed by atoms with Crippen LogP contribution in [-0.2, 0) is 11.2 Å². The van der Waals surface area contributed by atoms with E-state index >= 15 is 0 Å². The highest BCUT2D eigenvalue weighted by Crippen LogP contribution is 2.33. The van der Waals surface area contributed by atoms with Gasteiger partial charge in [-0.1, -0.05) is 6.08 Å². The van der Waals surface area contributed by atoms with Crippen LogP contribution in [-0.4, -0.2) is 23.8 Å². The Morgan fingerprint density at radius 3 is 2.53 bits per heavy atom. The number of methoxy groups -OCH3 is 1. The highest BCUT2D eigenvalue weighted by Gasteiger charge is 2.23. The number of ether oxygens (including phenoxy) is 2. The van der Waals surface area contributed by atoms with E-state index in [0.717, 1.165) is 5.56 Å². The van der Waals surface area contributed by atoms with Crippen LogP contribution in [0.15, 0.2) is 24.8 Å². The van der Waals surface area contributed by atoms with Gasteiger partial charge in [0.25, 0.3) is 0 Å². The van der Waals surface area contributed by atoms with E-state index in [-0.39, 0.29) is 17.1 Å². The van der Waals surface area contributed by atoms with Gasteiger partial charge in [-0.25, -0.2) is 4.79 Å². The predicted molar refractivity (Wildman–Crippen MR) is 73.7 cm³/mol. The summed E-state index contributed by atoms with van der Waals surface area (Å²) in [5.41, 5.74) is 0.308. The van der Waals surface area contributed by atoms with Crippen molar-refractivity contribution in [3.05, 3.63) is 35.9 Å². The average Bonchev–Trinajstić information content (AvgIpc) is 2.29. The van der Waals surface area contributed by atoms with E-state index in [1.54, 1.807) is 39.0 Å². The molecule has 1 rings (SSSR count). The molecule has 0 bridgehead atoms. The smallest absolute Gasteiger partial charge is 0.342 e. The molecule has 19 heavy (non-hydrogen) atoms. The van der Waals surface area contributed by atoms with E-state index in [0.29, 0.717) is 6.42 Å². The van der Waals surface area contributed by atoms with E-state index in [4.69, 9.17) is 9.47 Å². The highest BCUT2D eigenvalue weighted by molar-refractivity contribution is 5.94. The Balaban J connectivity index is 3.21. The number of hydrogen-bond donors (Lipinski definition) is 1. The quantitative estimate of drug-likeness (QED) is 0.670. The van der Waals surface area contributed by atoms with Crippen LogP contribution in [0.4, 0.5) is 0 Å². The first-order valence-corrected chi connectivity index (χ1v) is 6.02. The van der Waals surface area contributed by atoms with Crippen molar-refractivity contribution in [3.8, 4) is 11.5 Å². The van der Waals surface area contributed by atoms with Crippen molar-refractivity contribution in [2.45, 2.75) is 32.8 Å². The lowest BCUT2D eigenvalue weighted by Crippen LogP contribution is -2.24.